The molecule has 0 aromatic carbocycles. The molecule has 2 rings (SSSR count). The number of H-pyrrole nitrogens is 1. The van der Waals surface area contributed by atoms with Gasteiger partial charge in [-0.3, -0.25) is 9.69 Å². The maximum atomic E-state index is 11.4. The van der Waals surface area contributed by atoms with Crippen LogP contribution in [0.25, 0.3) is 0 Å². The maximum Gasteiger partial charge on any atom is 0.222 e. The fourth-order valence-corrected chi connectivity index (χ4v) is 2.48. The Morgan fingerprint density at radius 3 is 3.22 bits per heavy atom. The van der Waals surface area contributed by atoms with Gasteiger partial charge in [-0.05, 0) is 19.4 Å². The van der Waals surface area contributed by atoms with E-state index < -0.39 is 5.60 Å². The topological polar surface area (TPSA) is 81.2 Å². The fraction of sp³-hybridized carbons (Fsp3) is 0.667. The van der Waals surface area contributed by atoms with Gasteiger partial charge in [0.1, 0.15) is 0 Å². The predicted molar refractivity (Wildman–Crippen MR) is 66.7 cm³/mol. The first kappa shape index (κ1) is 13.0. The average molecular weight is 252 g/mol. The number of carbonyl (C=O) groups excluding carboxylic acids is 1. The molecule has 1 saturated heterocycles. The van der Waals surface area contributed by atoms with E-state index in [4.69, 9.17) is 0 Å². The van der Waals surface area contributed by atoms with Gasteiger partial charge in [-0.15, -0.1) is 0 Å². The molecule has 2 heterocycles. The van der Waals surface area contributed by atoms with Gasteiger partial charge in [0.15, 0.2) is 0 Å². The van der Waals surface area contributed by atoms with Gasteiger partial charge >= 0.3 is 0 Å². The van der Waals surface area contributed by atoms with Crippen LogP contribution in [-0.2, 0) is 11.3 Å². The lowest BCUT2D eigenvalue weighted by Gasteiger charge is -2.38. The Hall–Kier alpha value is -1.40. The molecule has 1 atom stereocenters. The van der Waals surface area contributed by atoms with Gasteiger partial charge in [0.05, 0.1) is 18.3 Å². The van der Waals surface area contributed by atoms with Crippen LogP contribution in [0.5, 0.6) is 0 Å². The van der Waals surface area contributed by atoms with Crippen molar-refractivity contribution in [1.82, 2.24) is 20.2 Å². The lowest BCUT2D eigenvalue weighted by molar-refractivity contribution is -0.128. The van der Waals surface area contributed by atoms with Crippen molar-refractivity contribution >= 4 is 5.91 Å². The molecule has 1 aromatic rings. The Morgan fingerprint density at radius 1 is 1.72 bits per heavy atom. The number of hydrogen-bond donors (Lipinski definition) is 3. The molecule has 1 aliphatic heterocycles. The minimum Gasteiger partial charge on any atom is -0.388 e. The number of hydrogen-bond acceptors (Lipinski definition) is 4. The first-order valence-electron chi connectivity index (χ1n) is 6.24. The number of β-amino-alcohol motifs (C(OH)–C–C–N with tert-alkyl or cyclic N) is 1. The average Bonchev–Trinajstić information content (AvgIpc) is 2.81. The van der Waals surface area contributed by atoms with Crippen molar-refractivity contribution in [3.63, 3.8) is 0 Å². The highest BCUT2D eigenvalue weighted by atomic mass is 16.3. The zero-order chi connectivity index (χ0) is 13.0. The van der Waals surface area contributed by atoms with Crippen LogP contribution in [0, 0.1) is 0 Å². The van der Waals surface area contributed by atoms with Crippen molar-refractivity contribution in [2.45, 2.75) is 31.4 Å². The largest absolute Gasteiger partial charge is 0.388 e. The van der Waals surface area contributed by atoms with Gasteiger partial charge in [0.25, 0.3) is 0 Å². The number of amides is 1. The van der Waals surface area contributed by atoms with Crippen LogP contribution in [0.1, 0.15) is 25.0 Å². The molecular weight excluding hydrogens is 232 g/mol. The summed E-state index contributed by atoms with van der Waals surface area (Å²) in [5.41, 5.74) is 0.123. The standard InChI is InChI=1S/C12H20N4O2/c1-13-11(17)5-12(18)3-2-4-16(8-12)7-10-6-14-9-15-10/h6,9,18H,2-5,7-8H2,1H3,(H,13,17)(H,14,15). The second-order valence-electron chi connectivity index (χ2n) is 4.97. The molecular formula is C12H20N4O2. The van der Waals surface area contributed by atoms with E-state index in [1.807, 2.05) is 0 Å². The summed E-state index contributed by atoms with van der Waals surface area (Å²) in [6.07, 6.45) is 5.19. The van der Waals surface area contributed by atoms with Gasteiger partial charge in [-0.1, -0.05) is 0 Å². The van der Waals surface area contributed by atoms with Crippen LogP contribution >= 0.6 is 0 Å². The Kier molecular flexibility index (Phi) is 3.98. The zero-order valence-electron chi connectivity index (χ0n) is 10.6. The second-order valence-corrected chi connectivity index (χ2v) is 4.97. The van der Waals surface area contributed by atoms with Crippen LogP contribution in [0.2, 0.25) is 0 Å². The van der Waals surface area contributed by atoms with E-state index in [2.05, 4.69) is 20.2 Å². The molecule has 6 heteroatoms. The number of imidazole rings is 1. The van der Waals surface area contributed by atoms with E-state index in [1.54, 1.807) is 19.6 Å². The predicted octanol–water partition coefficient (Wildman–Crippen LogP) is -0.127. The van der Waals surface area contributed by atoms with Crippen LogP contribution in [-0.4, -0.2) is 51.6 Å². The number of rotatable bonds is 4. The minimum atomic E-state index is -0.904. The third kappa shape index (κ3) is 3.30. The summed E-state index contributed by atoms with van der Waals surface area (Å²) in [7, 11) is 1.59. The van der Waals surface area contributed by atoms with Crippen LogP contribution < -0.4 is 5.32 Å². The molecule has 18 heavy (non-hydrogen) atoms. The van der Waals surface area contributed by atoms with E-state index >= 15 is 0 Å². The van der Waals surface area contributed by atoms with Crippen LogP contribution in [0.3, 0.4) is 0 Å². The molecule has 1 aliphatic rings. The van der Waals surface area contributed by atoms with Crippen LogP contribution in [0.4, 0.5) is 0 Å². The zero-order valence-corrected chi connectivity index (χ0v) is 10.6. The first-order chi connectivity index (χ1) is 8.61. The molecule has 3 N–H and O–H groups in total. The van der Waals surface area contributed by atoms with E-state index in [0.717, 1.165) is 25.2 Å². The molecule has 1 amide bonds. The number of nitrogens with zero attached hydrogens (tertiary/aromatic N) is 2. The van der Waals surface area contributed by atoms with Gasteiger partial charge in [-0.2, -0.15) is 0 Å². The van der Waals surface area contributed by atoms with E-state index in [1.165, 1.54) is 0 Å². The molecule has 0 spiro atoms. The number of nitrogens with one attached hydrogen (secondary N) is 2. The molecule has 0 bridgehead atoms. The summed E-state index contributed by atoms with van der Waals surface area (Å²) >= 11 is 0. The summed E-state index contributed by atoms with van der Waals surface area (Å²) in [6.45, 7) is 2.20. The highest BCUT2D eigenvalue weighted by molar-refractivity contribution is 5.76. The van der Waals surface area contributed by atoms with Crippen molar-refractivity contribution in [3.8, 4) is 0 Å². The maximum absolute atomic E-state index is 11.4. The molecule has 1 fully saturated rings. The molecule has 0 radical (unpaired) electrons. The Labute approximate surface area is 106 Å². The summed E-state index contributed by atoms with van der Waals surface area (Å²) in [6, 6.07) is 0. The summed E-state index contributed by atoms with van der Waals surface area (Å²) in [4.78, 5) is 20.6. The summed E-state index contributed by atoms with van der Waals surface area (Å²) in [5.74, 6) is -0.110. The van der Waals surface area contributed by atoms with Crippen LogP contribution in [0.15, 0.2) is 12.5 Å². The molecule has 1 unspecified atom stereocenters. The number of carbonyl (C=O) groups is 1. The van der Waals surface area contributed by atoms with Crippen molar-refractivity contribution < 1.29 is 9.90 Å². The lowest BCUT2D eigenvalue weighted by Crippen LogP contribution is -2.49. The van der Waals surface area contributed by atoms with Crippen molar-refractivity contribution in [1.29, 1.82) is 0 Å². The lowest BCUT2D eigenvalue weighted by atomic mass is 9.89. The summed E-state index contributed by atoms with van der Waals surface area (Å²) in [5, 5.41) is 13.0. The molecule has 0 aliphatic carbocycles. The van der Waals surface area contributed by atoms with Gasteiger partial charge in [-0.25, -0.2) is 4.98 Å². The number of aromatic amines is 1. The minimum absolute atomic E-state index is 0.110. The fourth-order valence-electron chi connectivity index (χ4n) is 2.48. The van der Waals surface area contributed by atoms with E-state index in [9.17, 15) is 9.90 Å². The molecule has 100 valence electrons. The van der Waals surface area contributed by atoms with Crippen molar-refractivity contribution in [2.24, 2.45) is 0 Å². The third-order valence-electron chi connectivity index (χ3n) is 3.35. The Bertz CT molecular complexity index is 393. The number of aliphatic hydroxyl groups is 1. The number of aromatic nitrogens is 2. The third-order valence-corrected chi connectivity index (χ3v) is 3.35. The van der Waals surface area contributed by atoms with E-state index in [0.29, 0.717) is 13.0 Å². The SMILES string of the molecule is CNC(=O)CC1(O)CCCN(Cc2cnc[nH]2)C1. The van der Waals surface area contributed by atoms with Gasteiger partial charge in [0.2, 0.25) is 5.91 Å². The Morgan fingerprint density at radius 2 is 2.56 bits per heavy atom. The molecule has 0 saturated carbocycles. The normalized spacial score (nSPS) is 25.0. The first-order valence-corrected chi connectivity index (χ1v) is 6.24. The number of likely N-dealkylation sites (tertiary alicyclic amines) is 1. The van der Waals surface area contributed by atoms with Crippen molar-refractivity contribution in [2.75, 3.05) is 20.1 Å². The monoisotopic (exact) mass is 252 g/mol. The van der Waals surface area contributed by atoms with Crippen molar-refractivity contribution in [3.05, 3.63) is 18.2 Å². The summed E-state index contributed by atoms with van der Waals surface area (Å²) < 4.78 is 0. The Balaban J connectivity index is 1.93. The highest BCUT2D eigenvalue weighted by Gasteiger charge is 2.35. The van der Waals surface area contributed by atoms with Gasteiger partial charge in [0, 0.05) is 32.0 Å². The highest BCUT2D eigenvalue weighted by Crippen LogP contribution is 2.25. The second kappa shape index (κ2) is 5.49. The number of piperidine rings is 1. The van der Waals surface area contributed by atoms with Gasteiger partial charge < -0.3 is 15.4 Å². The smallest absolute Gasteiger partial charge is 0.222 e. The van der Waals surface area contributed by atoms with E-state index in [-0.39, 0.29) is 12.3 Å². The molecule has 6 nitrogen and oxygen atoms in total. The molecule has 1 aromatic heterocycles. The quantitative estimate of drug-likeness (QED) is 0.697.